The fourth-order valence-corrected chi connectivity index (χ4v) is 4.56. The highest BCUT2D eigenvalue weighted by molar-refractivity contribution is 5.89. The van der Waals surface area contributed by atoms with Crippen molar-refractivity contribution in [3.05, 3.63) is 66.4 Å². The molecule has 4 heterocycles. The first-order valence-electron chi connectivity index (χ1n) is 10.9. The number of anilines is 2. The number of hydrogen-bond acceptors (Lipinski definition) is 8. The van der Waals surface area contributed by atoms with Crippen molar-refractivity contribution in [2.75, 3.05) is 23.7 Å². The number of halogens is 1. The maximum atomic E-state index is 13.5. The summed E-state index contributed by atoms with van der Waals surface area (Å²) in [6.07, 6.45) is 6.51. The molecule has 0 unspecified atom stereocenters. The molecule has 1 aliphatic heterocycles. The molecule has 1 aliphatic rings. The van der Waals surface area contributed by atoms with Crippen LogP contribution >= 0.6 is 0 Å². The number of hydrogen-bond donors (Lipinski definition) is 1. The summed E-state index contributed by atoms with van der Waals surface area (Å²) >= 11 is 0. The Morgan fingerprint density at radius 1 is 1.09 bits per heavy atom. The maximum Gasteiger partial charge on any atom is 0.220 e. The number of nitriles is 1. The molecule has 9 nitrogen and oxygen atoms in total. The zero-order valence-electron chi connectivity index (χ0n) is 18.6. The number of piperidine rings is 1. The van der Waals surface area contributed by atoms with Crippen LogP contribution in [-0.2, 0) is 7.05 Å². The Morgan fingerprint density at radius 3 is 2.53 bits per heavy atom. The lowest BCUT2D eigenvalue weighted by atomic mass is 9.91. The first-order chi connectivity index (χ1) is 16.5. The van der Waals surface area contributed by atoms with E-state index >= 15 is 0 Å². The minimum atomic E-state index is -0.552. The van der Waals surface area contributed by atoms with Gasteiger partial charge in [0.05, 0.1) is 16.9 Å². The van der Waals surface area contributed by atoms with Crippen LogP contribution in [0, 0.1) is 17.3 Å². The summed E-state index contributed by atoms with van der Waals surface area (Å²) in [5.74, 6) is 0.839. The van der Waals surface area contributed by atoms with Gasteiger partial charge >= 0.3 is 0 Å². The fraction of sp³-hybridized carbons (Fsp3) is 0.250. The van der Waals surface area contributed by atoms with Crippen LogP contribution in [-0.4, -0.2) is 42.8 Å². The number of benzene rings is 1. The Bertz CT molecular complexity index is 1370. The third-order valence-electron chi connectivity index (χ3n) is 6.20. The summed E-state index contributed by atoms with van der Waals surface area (Å²) < 4.78 is 15.5. The monoisotopic (exact) mass is 455 g/mol. The van der Waals surface area contributed by atoms with Crippen molar-refractivity contribution in [2.24, 2.45) is 7.05 Å². The average Bonchev–Trinajstić information content (AvgIpc) is 3.29. The standard InChI is InChI=1S/C24H22FN9/c1-33-14-30-32-23(33)15-7-10-34(11-8-15)22-17(16-2-5-21(25)29-13-16)3-4-18(19(22)12-26)20-6-9-28-24(27)31-20/h2-6,9,13-15H,7-8,10-11H2,1H3,(H2,27,28,31). The number of nitrogens with two attached hydrogens (primary N) is 1. The number of pyridine rings is 1. The second-order valence-electron chi connectivity index (χ2n) is 8.23. The van der Waals surface area contributed by atoms with E-state index < -0.39 is 5.95 Å². The van der Waals surface area contributed by atoms with E-state index in [9.17, 15) is 9.65 Å². The van der Waals surface area contributed by atoms with Gasteiger partial charge in [0, 0.05) is 55.1 Å². The molecule has 10 heteroatoms. The quantitative estimate of drug-likeness (QED) is 0.465. The second-order valence-corrected chi connectivity index (χ2v) is 8.23. The molecule has 0 atom stereocenters. The second kappa shape index (κ2) is 8.86. The molecule has 1 saturated heterocycles. The normalized spacial score (nSPS) is 14.2. The highest BCUT2D eigenvalue weighted by Crippen LogP contribution is 2.41. The molecule has 1 fully saturated rings. The minimum absolute atomic E-state index is 0.138. The number of aryl methyl sites for hydroxylation is 1. The zero-order valence-corrected chi connectivity index (χ0v) is 18.6. The SMILES string of the molecule is Cn1cnnc1C1CCN(c2c(-c3ccc(F)nc3)ccc(-c3ccnc(N)n3)c2C#N)CC1. The van der Waals surface area contributed by atoms with Crippen molar-refractivity contribution in [1.82, 2.24) is 29.7 Å². The molecular formula is C24H22FN9. The van der Waals surface area contributed by atoms with Crippen LogP contribution in [0.2, 0.25) is 0 Å². The van der Waals surface area contributed by atoms with E-state index in [0.29, 0.717) is 16.8 Å². The van der Waals surface area contributed by atoms with Crippen LogP contribution < -0.4 is 10.6 Å². The molecule has 2 N–H and O–H groups in total. The Kier molecular flexibility index (Phi) is 5.59. The van der Waals surface area contributed by atoms with E-state index in [1.54, 1.807) is 24.7 Å². The van der Waals surface area contributed by atoms with Gasteiger partial charge in [-0.05, 0) is 31.0 Å². The van der Waals surface area contributed by atoms with Crippen molar-refractivity contribution in [2.45, 2.75) is 18.8 Å². The first-order valence-corrected chi connectivity index (χ1v) is 10.9. The number of rotatable bonds is 4. The van der Waals surface area contributed by atoms with Crippen molar-refractivity contribution >= 4 is 11.6 Å². The van der Waals surface area contributed by atoms with E-state index in [1.807, 2.05) is 23.7 Å². The van der Waals surface area contributed by atoms with E-state index in [1.165, 1.54) is 12.3 Å². The Labute approximate surface area is 195 Å². The van der Waals surface area contributed by atoms with Crippen LogP contribution in [0.25, 0.3) is 22.4 Å². The molecule has 3 aromatic heterocycles. The van der Waals surface area contributed by atoms with Gasteiger partial charge in [-0.3, -0.25) is 0 Å². The van der Waals surface area contributed by atoms with Crippen molar-refractivity contribution in [3.8, 4) is 28.5 Å². The third kappa shape index (κ3) is 3.92. The first kappa shape index (κ1) is 21.5. The van der Waals surface area contributed by atoms with E-state index in [2.05, 4.69) is 36.1 Å². The summed E-state index contributed by atoms with van der Waals surface area (Å²) in [4.78, 5) is 14.3. The van der Waals surface area contributed by atoms with E-state index in [0.717, 1.165) is 48.6 Å². The van der Waals surface area contributed by atoms with Crippen molar-refractivity contribution < 1.29 is 4.39 Å². The number of nitrogen functional groups attached to an aromatic ring is 1. The molecule has 0 aliphatic carbocycles. The van der Waals surface area contributed by atoms with Crippen molar-refractivity contribution in [1.29, 1.82) is 5.26 Å². The summed E-state index contributed by atoms with van der Waals surface area (Å²) in [7, 11) is 1.95. The van der Waals surface area contributed by atoms with Gasteiger partial charge in [0.25, 0.3) is 0 Å². The molecule has 170 valence electrons. The molecule has 0 radical (unpaired) electrons. The topological polar surface area (TPSA) is 122 Å². The lowest BCUT2D eigenvalue weighted by molar-refractivity contribution is 0.474. The highest BCUT2D eigenvalue weighted by Gasteiger charge is 2.28. The maximum absolute atomic E-state index is 13.5. The van der Waals surface area contributed by atoms with Gasteiger partial charge in [-0.1, -0.05) is 12.1 Å². The summed E-state index contributed by atoms with van der Waals surface area (Å²) in [5, 5.41) is 18.6. The predicted molar refractivity (Wildman–Crippen MR) is 125 cm³/mol. The van der Waals surface area contributed by atoms with Crippen LogP contribution in [0.4, 0.5) is 16.0 Å². The number of aromatic nitrogens is 6. The molecule has 34 heavy (non-hydrogen) atoms. The Hall–Kier alpha value is -4.39. The molecule has 0 spiro atoms. The van der Waals surface area contributed by atoms with Gasteiger partial charge in [0.1, 0.15) is 18.2 Å². The van der Waals surface area contributed by atoms with Crippen LogP contribution in [0.15, 0.2) is 49.1 Å². The van der Waals surface area contributed by atoms with Crippen LogP contribution in [0.3, 0.4) is 0 Å². The van der Waals surface area contributed by atoms with Crippen LogP contribution in [0.5, 0.6) is 0 Å². The summed E-state index contributed by atoms with van der Waals surface area (Å²) in [6, 6.07) is 10.9. The van der Waals surface area contributed by atoms with Gasteiger partial charge < -0.3 is 15.2 Å². The smallest absolute Gasteiger partial charge is 0.220 e. The predicted octanol–water partition coefficient (Wildman–Crippen LogP) is 3.31. The molecule has 0 bridgehead atoms. The molecule has 1 aromatic carbocycles. The van der Waals surface area contributed by atoms with Crippen molar-refractivity contribution in [3.63, 3.8) is 0 Å². The molecule has 5 rings (SSSR count). The van der Waals surface area contributed by atoms with E-state index in [-0.39, 0.29) is 11.9 Å². The lowest BCUT2D eigenvalue weighted by Crippen LogP contribution is -2.34. The van der Waals surface area contributed by atoms with Gasteiger partial charge in [-0.15, -0.1) is 10.2 Å². The fourth-order valence-electron chi connectivity index (χ4n) is 4.56. The van der Waals surface area contributed by atoms with Gasteiger partial charge in [-0.25, -0.2) is 15.0 Å². The summed E-state index contributed by atoms with van der Waals surface area (Å²) in [5.41, 5.74) is 9.85. The third-order valence-corrected chi connectivity index (χ3v) is 6.20. The minimum Gasteiger partial charge on any atom is -0.370 e. The van der Waals surface area contributed by atoms with Gasteiger partial charge in [0.15, 0.2) is 0 Å². The Balaban J connectivity index is 1.60. The van der Waals surface area contributed by atoms with Crippen LogP contribution in [0.1, 0.15) is 30.1 Å². The Morgan fingerprint density at radius 2 is 1.88 bits per heavy atom. The molecular weight excluding hydrogens is 433 g/mol. The molecule has 0 amide bonds. The lowest BCUT2D eigenvalue weighted by Gasteiger charge is -2.35. The summed E-state index contributed by atoms with van der Waals surface area (Å²) in [6.45, 7) is 1.45. The largest absolute Gasteiger partial charge is 0.370 e. The number of nitrogens with zero attached hydrogens (tertiary/aromatic N) is 8. The highest BCUT2D eigenvalue weighted by atomic mass is 19.1. The van der Waals surface area contributed by atoms with Gasteiger partial charge in [-0.2, -0.15) is 9.65 Å². The zero-order chi connectivity index (χ0) is 23.7. The van der Waals surface area contributed by atoms with Gasteiger partial charge in [0.2, 0.25) is 11.9 Å². The average molecular weight is 456 g/mol. The molecule has 0 saturated carbocycles. The van der Waals surface area contributed by atoms with E-state index in [4.69, 9.17) is 5.73 Å². The molecule has 4 aromatic rings.